The molecule has 0 saturated carbocycles. The average Bonchev–Trinajstić information content (AvgIpc) is 3.30. The zero-order chi connectivity index (χ0) is 24.9. The number of rotatable bonds is 8. The zero-order valence-corrected chi connectivity index (χ0v) is 19.7. The van der Waals surface area contributed by atoms with Crippen molar-refractivity contribution in [3.05, 3.63) is 86.6 Å². The molecular formula is C26H28N4O5. The number of carbonyl (C=O) groups is 1. The van der Waals surface area contributed by atoms with E-state index in [1.807, 2.05) is 44.2 Å². The van der Waals surface area contributed by atoms with E-state index in [4.69, 9.17) is 15.2 Å². The first-order valence-corrected chi connectivity index (χ1v) is 11.4. The van der Waals surface area contributed by atoms with Gasteiger partial charge in [0, 0.05) is 12.6 Å². The van der Waals surface area contributed by atoms with Crippen LogP contribution in [-0.2, 0) is 11.3 Å². The quantitative estimate of drug-likeness (QED) is 0.483. The number of amides is 1. The molecule has 0 unspecified atom stereocenters. The SMILES string of the molecule is CC(C)CCN(C(=O)/C=C/c1ccc2c(c1)OCO2)c1c(N)n(Cc2ccccc2)c(=O)[nH]c1=O. The molecule has 0 aliphatic carbocycles. The number of H-pyrrole nitrogens is 1. The lowest BCUT2D eigenvalue weighted by Crippen LogP contribution is -2.41. The summed E-state index contributed by atoms with van der Waals surface area (Å²) in [5, 5.41) is 0. The highest BCUT2D eigenvalue weighted by atomic mass is 16.7. The van der Waals surface area contributed by atoms with E-state index in [2.05, 4.69) is 4.98 Å². The number of nitrogens with two attached hydrogens (primary N) is 1. The molecule has 35 heavy (non-hydrogen) atoms. The van der Waals surface area contributed by atoms with Crippen molar-refractivity contribution in [1.29, 1.82) is 0 Å². The van der Waals surface area contributed by atoms with E-state index in [1.54, 1.807) is 24.3 Å². The van der Waals surface area contributed by atoms with Crippen LogP contribution in [0.1, 0.15) is 31.4 Å². The summed E-state index contributed by atoms with van der Waals surface area (Å²) >= 11 is 0. The number of anilines is 2. The van der Waals surface area contributed by atoms with Crippen LogP contribution in [0.2, 0.25) is 0 Å². The molecule has 1 aliphatic rings. The Kier molecular flexibility index (Phi) is 7.05. The predicted octanol–water partition coefficient (Wildman–Crippen LogP) is 2.99. The van der Waals surface area contributed by atoms with Crippen LogP contribution in [0.15, 0.2) is 64.2 Å². The van der Waals surface area contributed by atoms with Gasteiger partial charge in [0.1, 0.15) is 5.82 Å². The second-order valence-corrected chi connectivity index (χ2v) is 8.68. The molecule has 0 atom stereocenters. The van der Waals surface area contributed by atoms with Crippen LogP contribution in [-0.4, -0.2) is 28.8 Å². The number of nitrogens with zero attached hydrogens (tertiary/aromatic N) is 2. The first-order valence-electron chi connectivity index (χ1n) is 11.4. The number of aromatic nitrogens is 2. The maximum Gasteiger partial charge on any atom is 0.330 e. The summed E-state index contributed by atoms with van der Waals surface area (Å²) in [6.45, 7) is 4.63. The number of nitrogen functional groups attached to an aromatic ring is 1. The maximum atomic E-state index is 13.3. The molecule has 2 heterocycles. The molecule has 0 radical (unpaired) electrons. The smallest absolute Gasteiger partial charge is 0.330 e. The van der Waals surface area contributed by atoms with Crippen molar-refractivity contribution in [2.45, 2.75) is 26.8 Å². The fraction of sp³-hybridized carbons (Fsp3) is 0.269. The van der Waals surface area contributed by atoms with Gasteiger partial charge in [-0.2, -0.15) is 0 Å². The average molecular weight is 477 g/mol. The minimum Gasteiger partial charge on any atom is -0.454 e. The Balaban J connectivity index is 1.69. The third-order valence-electron chi connectivity index (χ3n) is 5.68. The highest BCUT2D eigenvalue weighted by Crippen LogP contribution is 2.32. The second-order valence-electron chi connectivity index (χ2n) is 8.68. The van der Waals surface area contributed by atoms with Crippen LogP contribution in [0.4, 0.5) is 11.5 Å². The Hall–Kier alpha value is -4.27. The largest absolute Gasteiger partial charge is 0.454 e. The van der Waals surface area contributed by atoms with Crippen LogP contribution < -0.4 is 31.4 Å². The molecule has 0 saturated heterocycles. The molecule has 0 bridgehead atoms. The molecule has 3 aromatic rings. The maximum absolute atomic E-state index is 13.3. The summed E-state index contributed by atoms with van der Waals surface area (Å²) in [5.74, 6) is 1.04. The highest BCUT2D eigenvalue weighted by molar-refractivity contribution is 6.05. The molecule has 4 rings (SSSR count). The minimum atomic E-state index is -0.703. The van der Waals surface area contributed by atoms with Crippen LogP contribution >= 0.6 is 0 Å². The van der Waals surface area contributed by atoms with E-state index in [1.165, 1.54) is 15.5 Å². The molecule has 1 aliphatic heterocycles. The van der Waals surface area contributed by atoms with Gasteiger partial charge in [0.05, 0.1) is 6.54 Å². The number of hydrogen-bond acceptors (Lipinski definition) is 6. The molecule has 1 aromatic heterocycles. The Morgan fingerprint density at radius 2 is 1.89 bits per heavy atom. The predicted molar refractivity (Wildman–Crippen MR) is 135 cm³/mol. The van der Waals surface area contributed by atoms with Gasteiger partial charge in [0.25, 0.3) is 11.5 Å². The van der Waals surface area contributed by atoms with Gasteiger partial charge in [-0.15, -0.1) is 0 Å². The van der Waals surface area contributed by atoms with Crippen LogP contribution in [0.3, 0.4) is 0 Å². The summed E-state index contributed by atoms with van der Waals surface area (Å²) in [6, 6.07) is 14.6. The van der Waals surface area contributed by atoms with Crippen molar-refractivity contribution in [3.63, 3.8) is 0 Å². The van der Waals surface area contributed by atoms with E-state index in [-0.39, 0.29) is 37.3 Å². The molecule has 0 fully saturated rings. The van der Waals surface area contributed by atoms with Gasteiger partial charge >= 0.3 is 5.69 Å². The summed E-state index contributed by atoms with van der Waals surface area (Å²) in [6.07, 6.45) is 3.65. The van der Waals surface area contributed by atoms with Gasteiger partial charge in [-0.1, -0.05) is 50.2 Å². The number of fused-ring (bicyclic) bond motifs is 1. The standard InChI is InChI=1S/C26H28N4O5/c1-17(2)12-13-29(22(31)11-9-18-8-10-20-21(14-18)35-16-34-20)23-24(27)30(26(33)28-25(23)32)15-19-6-4-3-5-7-19/h3-11,14,17H,12-13,15-16,27H2,1-2H3,(H,28,32,33)/b11-9+. The number of hydrogen-bond donors (Lipinski definition) is 2. The van der Waals surface area contributed by atoms with Crippen molar-refractivity contribution < 1.29 is 14.3 Å². The van der Waals surface area contributed by atoms with Gasteiger partial charge < -0.3 is 20.1 Å². The van der Waals surface area contributed by atoms with Crippen molar-refractivity contribution in [2.75, 3.05) is 24.0 Å². The van der Waals surface area contributed by atoms with Crippen molar-refractivity contribution >= 4 is 23.5 Å². The monoisotopic (exact) mass is 476 g/mol. The van der Waals surface area contributed by atoms with Crippen molar-refractivity contribution in [3.8, 4) is 11.5 Å². The molecule has 1 amide bonds. The van der Waals surface area contributed by atoms with E-state index in [0.29, 0.717) is 17.9 Å². The lowest BCUT2D eigenvalue weighted by atomic mass is 10.1. The lowest BCUT2D eigenvalue weighted by molar-refractivity contribution is -0.114. The van der Waals surface area contributed by atoms with E-state index in [0.717, 1.165) is 11.1 Å². The second kappa shape index (κ2) is 10.3. The fourth-order valence-corrected chi connectivity index (χ4v) is 3.75. The Morgan fingerprint density at radius 3 is 2.63 bits per heavy atom. The summed E-state index contributed by atoms with van der Waals surface area (Å²) in [4.78, 5) is 42.4. The Morgan fingerprint density at radius 1 is 1.14 bits per heavy atom. The molecule has 3 N–H and O–H groups in total. The Labute approximate surface area is 202 Å². The minimum absolute atomic E-state index is 0.0403. The van der Waals surface area contributed by atoms with Crippen LogP contribution in [0.5, 0.6) is 11.5 Å². The molecule has 9 nitrogen and oxygen atoms in total. The van der Waals surface area contributed by atoms with Crippen LogP contribution in [0.25, 0.3) is 6.08 Å². The molecule has 2 aromatic carbocycles. The number of aromatic amines is 1. The first kappa shape index (κ1) is 23.9. The van der Waals surface area contributed by atoms with E-state index >= 15 is 0 Å². The van der Waals surface area contributed by atoms with Crippen molar-refractivity contribution in [2.24, 2.45) is 5.92 Å². The van der Waals surface area contributed by atoms with Gasteiger partial charge in [0.15, 0.2) is 17.2 Å². The number of benzene rings is 2. The Bertz CT molecular complexity index is 1360. The molecule has 9 heteroatoms. The van der Waals surface area contributed by atoms with E-state index in [9.17, 15) is 14.4 Å². The topological polar surface area (TPSA) is 120 Å². The summed E-state index contributed by atoms with van der Waals surface area (Å²) < 4.78 is 12.0. The summed E-state index contributed by atoms with van der Waals surface area (Å²) in [7, 11) is 0. The van der Waals surface area contributed by atoms with Gasteiger partial charge in [-0.25, -0.2) is 4.79 Å². The van der Waals surface area contributed by atoms with Crippen LogP contribution in [0, 0.1) is 5.92 Å². The summed E-state index contributed by atoms with van der Waals surface area (Å²) in [5.41, 5.74) is 6.54. The van der Waals surface area contributed by atoms with Gasteiger partial charge in [-0.05, 0) is 41.7 Å². The van der Waals surface area contributed by atoms with E-state index < -0.39 is 17.2 Å². The number of carbonyl (C=O) groups excluding carboxylic acids is 1. The fourth-order valence-electron chi connectivity index (χ4n) is 3.75. The molecule has 0 spiro atoms. The molecule has 182 valence electrons. The first-order chi connectivity index (χ1) is 16.8. The lowest BCUT2D eigenvalue weighted by Gasteiger charge is -2.24. The van der Waals surface area contributed by atoms with Gasteiger partial charge in [-0.3, -0.25) is 19.1 Å². The van der Waals surface area contributed by atoms with Gasteiger partial charge in [0.2, 0.25) is 6.79 Å². The normalized spacial score (nSPS) is 12.4. The highest BCUT2D eigenvalue weighted by Gasteiger charge is 2.23. The number of ether oxygens (including phenoxy) is 2. The molecular weight excluding hydrogens is 448 g/mol. The van der Waals surface area contributed by atoms with Crippen molar-refractivity contribution in [1.82, 2.24) is 9.55 Å². The third kappa shape index (κ3) is 5.46. The number of nitrogens with one attached hydrogen (secondary N) is 1. The zero-order valence-electron chi connectivity index (χ0n) is 19.7. The third-order valence-corrected chi connectivity index (χ3v) is 5.68.